The van der Waals surface area contributed by atoms with Crippen molar-refractivity contribution in [3.63, 3.8) is 0 Å². The number of hydrogen-bond donors (Lipinski definition) is 0. The van der Waals surface area contributed by atoms with Crippen molar-refractivity contribution in [2.45, 2.75) is 18.8 Å². The summed E-state index contributed by atoms with van der Waals surface area (Å²) in [4.78, 5) is 32.0. The van der Waals surface area contributed by atoms with Gasteiger partial charge < -0.3 is 9.32 Å². The van der Waals surface area contributed by atoms with E-state index in [1.54, 1.807) is 34.4 Å². The fourth-order valence-corrected chi connectivity index (χ4v) is 4.90. The molecule has 5 nitrogen and oxygen atoms in total. The molecule has 1 saturated heterocycles. The van der Waals surface area contributed by atoms with Crippen molar-refractivity contribution in [2.75, 3.05) is 13.1 Å². The van der Waals surface area contributed by atoms with Gasteiger partial charge in [0.05, 0.1) is 15.2 Å². The highest BCUT2D eigenvalue weighted by atomic mass is 32.1. The molecule has 1 aliphatic rings. The number of carbonyl (C=O) groups excluding carboxylic acids is 1. The molecule has 2 aromatic carbocycles. The summed E-state index contributed by atoms with van der Waals surface area (Å²) in [5.41, 5.74) is 1.02. The van der Waals surface area contributed by atoms with E-state index in [9.17, 15) is 9.59 Å². The summed E-state index contributed by atoms with van der Waals surface area (Å²) in [6.07, 6.45) is 1.89. The molecule has 4 aromatic rings. The second-order valence-corrected chi connectivity index (χ2v) is 8.16. The number of carbonyl (C=O) groups is 1. The van der Waals surface area contributed by atoms with E-state index in [1.165, 1.54) is 0 Å². The molecule has 3 heterocycles. The fraction of sp³-hybridized carbons (Fsp3) is 0.227. The van der Waals surface area contributed by atoms with Gasteiger partial charge in [-0.3, -0.25) is 4.79 Å². The summed E-state index contributed by atoms with van der Waals surface area (Å²) in [6.45, 7) is 1.22. The monoisotopic (exact) mass is 390 g/mol. The summed E-state index contributed by atoms with van der Waals surface area (Å²) in [5, 5.41) is 1.81. The maximum absolute atomic E-state index is 13.1. The first-order chi connectivity index (χ1) is 13.7. The van der Waals surface area contributed by atoms with Crippen molar-refractivity contribution in [3.8, 4) is 0 Å². The third-order valence-corrected chi connectivity index (χ3v) is 6.44. The zero-order chi connectivity index (χ0) is 19.1. The Morgan fingerprint density at radius 3 is 2.86 bits per heavy atom. The van der Waals surface area contributed by atoms with Gasteiger partial charge in [0.2, 0.25) is 0 Å². The van der Waals surface area contributed by atoms with Crippen LogP contribution in [0.3, 0.4) is 0 Å². The quantitative estimate of drug-likeness (QED) is 0.475. The topological polar surface area (TPSA) is 63.4 Å². The predicted molar refractivity (Wildman–Crippen MR) is 110 cm³/mol. The average molecular weight is 390 g/mol. The van der Waals surface area contributed by atoms with Crippen LogP contribution in [0.4, 0.5) is 0 Å². The molecule has 0 radical (unpaired) electrons. The Morgan fingerprint density at radius 2 is 1.96 bits per heavy atom. The Balaban J connectivity index is 1.44. The molecule has 0 spiro atoms. The van der Waals surface area contributed by atoms with Crippen molar-refractivity contribution < 1.29 is 9.21 Å². The minimum absolute atomic E-state index is 0.101. The minimum Gasteiger partial charge on any atom is -0.422 e. The number of thiazole rings is 1. The molecule has 5 rings (SSSR count). The number of fused-ring (bicyclic) bond motifs is 2. The van der Waals surface area contributed by atoms with E-state index in [0.29, 0.717) is 18.7 Å². The number of rotatable bonds is 2. The van der Waals surface area contributed by atoms with Crippen LogP contribution in [0.15, 0.2) is 63.8 Å². The van der Waals surface area contributed by atoms with Crippen molar-refractivity contribution in [3.05, 3.63) is 75.6 Å². The van der Waals surface area contributed by atoms with E-state index < -0.39 is 5.63 Å². The lowest BCUT2D eigenvalue weighted by molar-refractivity contribution is 0.0703. The number of para-hydroxylation sites is 2. The first-order valence-electron chi connectivity index (χ1n) is 9.37. The molecule has 0 saturated carbocycles. The molecule has 0 unspecified atom stereocenters. The highest BCUT2D eigenvalue weighted by molar-refractivity contribution is 7.18. The summed E-state index contributed by atoms with van der Waals surface area (Å²) < 4.78 is 6.51. The Kier molecular flexibility index (Phi) is 4.20. The first-order valence-corrected chi connectivity index (χ1v) is 10.2. The Labute approximate surface area is 165 Å². The van der Waals surface area contributed by atoms with Crippen molar-refractivity contribution in [1.29, 1.82) is 0 Å². The van der Waals surface area contributed by atoms with E-state index in [-0.39, 0.29) is 17.4 Å². The molecule has 1 amide bonds. The van der Waals surface area contributed by atoms with E-state index >= 15 is 0 Å². The number of hydrogen-bond acceptors (Lipinski definition) is 5. The summed E-state index contributed by atoms with van der Waals surface area (Å²) in [7, 11) is 0. The van der Waals surface area contributed by atoms with Gasteiger partial charge in [-0.05, 0) is 37.1 Å². The second-order valence-electron chi connectivity index (χ2n) is 7.10. The number of aromatic nitrogens is 1. The van der Waals surface area contributed by atoms with Gasteiger partial charge >= 0.3 is 5.63 Å². The molecule has 0 aliphatic carbocycles. The van der Waals surface area contributed by atoms with Gasteiger partial charge in [-0.1, -0.05) is 30.3 Å². The molecular formula is C22H18N2O3S. The number of likely N-dealkylation sites (tertiary alicyclic amines) is 1. The Morgan fingerprint density at radius 1 is 1.14 bits per heavy atom. The lowest BCUT2D eigenvalue weighted by Crippen LogP contribution is -2.40. The van der Waals surface area contributed by atoms with Gasteiger partial charge in [-0.25, -0.2) is 9.78 Å². The maximum atomic E-state index is 13.1. The van der Waals surface area contributed by atoms with Crippen LogP contribution in [0.2, 0.25) is 0 Å². The molecule has 1 aliphatic heterocycles. The van der Waals surface area contributed by atoms with E-state index in [1.807, 2.05) is 30.3 Å². The highest BCUT2D eigenvalue weighted by Crippen LogP contribution is 2.33. The minimum atomic E-state index is -0.578. The predicted octanol–water partition coefficient (Wildman–Crippen LogP) is 4.42. The summed E-state index contributed by atoms with van der Waals surface area (Å²) in [5.74, 6) is -0.0621. The van der Waals surface area contributed by atoms with Crippen LogP contribution < -0.4 is 5.63 Å². The van der Waals surface area contributed by atoms with Crippen LogP contribution in [0.1, 0.15) is 34.1 Å². The van der Waals surface area contributed by atoms with Crippen LogP contribution in [0.25, 0.3) is 21.2 Å². The van der Waals surface area contributed by atoms with Gasteiger partial charge in [-0.2, -0.15) is 0 Å². The summed E-state index contributed by atoms with van der Waals surface area (Å²) in [6, 6.07) is 17.0. The van der Waals surface area contributed by atoms with Crippen molar-refractivity contribution >= 4 is 38.4 Å². The SMILES string of the molecule is O=C(c1cc2ccccc2oc1=O)N1CCC[C@@H](c2nc3ccccc3s2)C1. The molecule has 1 atom stereocenters. The Hall–Kier alpha value is -2.99. The molecule has 0 bridgehead atoms. The van der Waals surface area contributed by atoms with Crippen LogP contribution in [-0.2, 0) is 0 Å². The molecular weight excluding hydrogens is 372 g/mol. The molecule has 28 heavy (non-hydrogen) atoms. The third kappa shape index (κ3) is 2.99. The lowest BCUT2D eigenvalue weighted by atomic mass is 9.98. The van der Waals surface area contributed by atoms with E-state index in [0.717, 1.165) is 33.5 Å². The van der Waals surface area contributed by atoms with Gasteiger partial charge in [0, 0.05) is 24.4 Å². The lowest BCUT2D eigenvalue weighted by Gasteiger charge is -2.31. The molecule has 0 N–H and O–H groups in total. The zero-order valence-electron chi connectivity index (χ0n) is 15.1. The van der Waals surface area contributed by atoms with Crippen LogP contribution in [0, 0.1) is 0 Å². The summed E-state index contributed by atoms with van der Waals surface area (Å²) >= 11 is 1.69. The highest BCUT2D eigenvalue weighted by Gasteiger charge is 2.29. The molecule has 2 aromatic heterocycles. The molecule has 6 heteroatoms. The molecule has 140 valence electrons. The van der Waals surface area contributed by atoms with Gasteiger partial charge in [-0.15, -0.1) is 11.3 Å². The number of amides is 1. The number of benzene rings is 2. The number of nitrogens with zero attached hydrogens (tertiary/aromatic N) is 2. The van der Waals surface area contributed by atoms with Gasteiger partial charge in [0.1, 0.15) is 11.1 Å². The van der Waals surface area contributed by atoms with Crippen LogP contribution in [-0.4, -0.2) is 28.9 Å². The average Bonchev–Trinajstić information content (AvgIpc) is 3.17. The second kappa shape index (κ2) is 6.87. The zero-order valence-corrected chi connectivity index (χ0v) is 15.9. The van der Waals surface area contributed by atoms with Crippen LogP contribution >= 0.6 is 11.3 Å². The van der Waals surface area contributed by atoms with E-state index in [2.05, 4.69) is 6.07 Å². The van der Waals surface area contributed by atoms with Gasteiger partial charge in [0.15, 0.2) is 0 Å². The number of piperidine rings is 1. The van der Waals surface area contributed by atoms with Crippen molar-refractivity contribution in [2.24, 2.45) is 0 Å². The largest absolute Gasteiger partial charge is 0.422 e. The molecule has 1 fully saturated rings. The standard InChI is InChI=1S/C22H18N2O3S/c25-21(16-12-14-6-1-3-9-18(14)27-22(16)26)24-11-5-7-15(13-24)20-23-17-8-2-4-10-19(17)28-20/h1-4,6,8-10,12,15H,5,7,11,13H2/t15-/m1/s1. The first kappa shape index (κ1) is 17.1. The fourth-order valence-electron chi connectivity index (χ4n) is 3.81. The van der Waals surface area contributed by atoms with Crippen LogP contribution in [0.5, 0.6) is 0 Å². The normalized spacial score (nSPS) is 17.3. The van der Waals surface area contributed by atoms with Crippen molar-refractivity contribution in [1.82, 2.24) is 9.88 Å². The Bertz CT molecular complexity index is 1210. The van der Waals surface area contributed by atoms with Gasteiger partial charge in [0.25, 0.3) is 5.91 Å². The smallest absolute Gasteiger partial charge is 0.349 e. The third-order valence-electron chi connectivity index (χ3n) is 5.24. The van der Waals surface area contributed by atoms with E-state index in [4.69, 9.17) is 9.40 Å². The maximum Gasteiger partial charge on any atom is 0.349 e.